The van der Waals surface area contributed by atoms with Gasteiger partial charge in [0.1, 0.15) is 5.82 Å². The first-order valence-corrected chi connectivity index (χ1v) is 10.8. The number of hydrogen-bond acceptors (Lipinski definition) is 6. The average molecular weight is 437 g/mol. The van der Waals surface area contributed by atoms with Crippen LogP contribution in [0.2, 0.25) is 5.02 Å². The number of amides is 1. The van der Waals surface area contributed by atoms with E-state index in [0.29, 0.717) is 36.8 Å². The lowest BCUT2D eigenvalue weighted by molar-refractivity contribution is -0.131. The van der Waals surface area contributed by atoms with Crippen molar-refractivity contribution in [2.45, 2.75) is 19.8 Å². The van der Waals surface area contributed by atoms with Gasteiger partial charge in [-0.25, -0.2) is 4.98 Å². The van der Waals surface area contributed by atoms with Crippen LogP contribution in [0.1, 0.15) is 17.7 Å². The van der Waals surface area contributed by atoms with Crippen molar-refractivity contribution in [3.63, 3.8) is 0 Å². The molecule has 2 aromatic heterocycles. The Morgan fingerprint density at radius 2 is 1.81 bits per heavy atom. The van der Waals surface area contributed by atoms with Gasteiger partial charge in [0.2, 0.25) is 5.91 Å². The third-order valence-corrected chi connectivity index (χ3v) is 5.50. The molecule has 160 valence electrons. The molecule has 1 aromatic carbocycles. The van der Waals surface area contributed by atoms with Crippen LogP contribution in [0.4, 0.5) is 17.5 Å². The molecule has 1 fully saturated rings. The fourth-order valence-corrected chi connectivity index (χ4v) is 3.80. The van der Waals surface area contributed by atoms with Crippen LogP contribution in [0.25, 0.3) is 0 Å². The molecule has 0 saturated carbocycles. The summed E-state index contributed by atoms with van der Waals surface area (Å²) in [6.07, 6.45) is 1.20. The summed E-state index contributed by atoms with van der Waals surface area (Å²) < 4.78 is 0. The van der Waals surface area contributed by atoms with Gasteiger partial charge in [-0.3, -0.25) is 4.79 Å². The predicted octanol–water partition coefficient (Wildman–Crippen LogP) is 3.86. The second-order valence-electron chi connectivity index (χ2n) is 7.56. The minimum Gasteiger partial charge on any atom is -0.352 e. The Morgan fingerprint density at radius 1 is 1.00 bits per heavy atom. The number of aryl methyl sites for hydroxylation is 2. The number of carbonyl (C=O) groups excluding carboxylic acids is 1. The van der Waals surface area contributed by atoms with Crippen LogP contribution in [0.15, 0.2) is 54.6 Å². The van der Waals surface area contributed by atoms with Crippen molar-refractivity contribution in [1.29, 1.82) is 0 Å². The molecule has 31 heavy (non-hydrogen) atoms. The molecular weight excluding hydrogens is 412 g/mol. The van der Waals surface area contributed by atoms with E-state index in [1.807, 2.05) is 66.4 Å². The number of nitrogens with zero attached hydrogens (tertiary/aromatic N) is 5. The highest BCUT2D eigenvalue weighted by Gasteiger charge is 2.22. The Hall–Kier alpha value is -3.19. The van der Waals surface area contributed by atoms with Gasteiger partial charge < -0.3 is 15.1 Å². The van der Waals surface area contributed by atoms with Crippen molar-refractivity contribution < 1.29 is 4.79 Å². The third kappa shape index (κ3) is 5.70. The summed E-state index contributed by atoms with van der Waals surface area (Å²) in [5.41, 5.74) is 2.03. The van der Waals surface area contributed by atoms with Crippen LogP contribution >= 0.6 is 11.6 Å². The fourth-order valence-electron chi connectivity index (χ4n) is 3.59. The molecule has 1 amide bonds. The number of piperazine rings is 1. The predicted molar refractivity (Wildman–Crippen MR) is 123 cm³/mol. The van der Waals surface area contributed by atoms with Gasteiger partial charge in [0, 0.05) is 43.3 Å². The summed E-state index contributed by atoms with van der Waals surface area (Å²) in [6, 6.07) is 17.3. The summed E-state index contributed by atoms with van der Waals surface area (Å²) in [4.78, 5) is 21.1. The molecule has 1 aliphatic rings. The number of rotatable bonds is 6. The SMILES string of the molecule is Cc1cccc(Nc2ccc(N3CCN(C(=O)CCc4cccc(Cl)c4)CC3)nn2)n1. The summed E-state index contributed by atoms with van der Waals surface area (Å²) in [5.74, 6) is 2.38. The van der Waals surface area contributed by atoms with Crippen molar-refractivity contribution in [3.05, 3.63) is 70.9 Å². The van der Waals surface area contributed by atoms with Crippen molar-refractivity contribution in [3.8, 4) is 0 Å². The molecule has 0 aliphatic carbocycles. The van der Waals surface area contributed by atoms with Crippen molar-refractivity contribution >= 4 is 35.0 Å². The lowest BCUT2D eigenvalue weighted by atomic mass is 10.1. The highest BCUT2D eigenvalue weighted by molar-refractivity contribution is 6.30. The zero-order valence-corrected chi connectivity index (χ0v) is 18.2. The lowest BCUT2D eigenvalue weighted by Gasteiger charge is -2.35. The van der Waals surface area contributed by atoms with Gasteiger partial charge in [-0.2, -0.15) is 0 Å². The van der Waals surface area contributed by atoms with Gasteiger partial charge in [0.05, 0.1) is 0 Å². The molecule has 3 aromatic rings. The first-order valence-electron chi connectivity index (χ1n) is 10.4. The Bertz CT molecular complexity index is 1030. The van der Waals surface area contributed by atoms with E-state index in [9.17, 15) is 4.79 Å². The van der Waals surface area contributed by atoms with Gasteiger partial charge >= 0.3 is 0 Å². The molecular formula is C23H25ClN6O. The lowest BCUT2D eigenvalue weighted by Crippen LogP contribution is -2.49. The highest BCUT2D eigenvalue weighted by atomic mass is 35.5. The topological polar surface area (TPSA) is 74.2 Å². The zero-order valence-electron chi connectivity index (χ0n) is 17.5. The van der Waals surface area contributed by atoms with Crippen molar-refractivity contribution in [2.75, 3.05) is 36.4 Å². The summed E-state index contributed by atoms with van der Waals surface area (Å²) in [5, 5.41) is 12.5. The second-order valence-corrected chi connectivity index (χ2v) is 8.00. The molecule has 1 saturated heterocycles. The minimum absolute atomic E-state index is 0.177. The third-order valence-electron chi connectivity index (χ3n) is 5.27. The molecule has 3 heterocycles. The quantitative estimate of drug-likeness (QED) is 0.632. The normalized spacial score (nSPS) is 13.9. The standard InChI is InChI=1S/C23H25ClN6O/c1-17-4-2-7-20(25-17)26-21-9-10-22(28-27-21)29-12-14-30(15-13-29)23(31)11-8-18-5-3-6-19(24)16-18/h2-7,9-10,16H,8,11-15H2,1H3,(H,25,26,27). The van der Waals surface area contributed by atoms with Crippen LogP contribution in [0.3, 0.4) is 0 Å². The number of halogens is 1. The molecule has 0 atom stereocenters. The maximum Gasteiger partial charge on any atom is 0.223 e. The molecule has 7 nitrogen and oxygen atoms in total. The van der Waals surface area contributed by atoms with Crippen molar-refractivity contribution in [1.82, 2.24) is 20.1 Å². The van der Waals surface area contributed by atoms with Crippen LogP contribution in [0.5, 0.6) is 0 Å². The Labute approximate surface area is 187 Å². The number of nitrogens with one attached hydrogen (secondary N) is 1. The van der Waals surface area contributed by atoms with E-state index in [2.05, 4.69) is 25.4 Å². The van der Waals surface area contributed by atoms with E-state index < -0.39 is 0 Å². The van der Waals surface area contributed by atoms with Crippen LogP contribution in [-0.4, -0.2) is 52.2 Å². The van der Waals surface area contributed by atoms with E-state index >= 15 is 0 Å². The molecule has 0 radical (unpaired) electrons. The molecule has 0 spiro atoms. The van der Waals surface area contributed by atoms with E-state index in [4.69, 9.17) is 11.6 Å². The summed E-state index contributed by atoms with van der Waals surface area (Å²) in [7, 11) is 0. The molecule has 8 heteroatoms. The molecule has 1 N–H and O–H groups in total. The molecule has 4 rings (SSSR count). The van der Waals surface area contributed by atoms with Gasteiger partial charge in [0.15, 0.2) is 11.6 Å². The Balaban J connectivity index is 1.26. The summed E-state index contributed by atoms with van der Waals surface area (Å²) >= 11 is 6.02. The van der Waals surface area contributed by atoms with E-state index in [-0.39, 0.29) is 5.91 Å². The zero-order chi connectivity index (χ0) is 21.6. The van der Waals surface area contributed by atoms with Crippen molar-refractivity contribution in [2.24, 2.45) is 0 Å². The second kappa shape index (κ2) is 9.75. The first-order chi connectivity index (χ1) is 15.1. The maximum atomic E-state index is 12.6. The Kier molecular flexibility index (Phi) is 6.62. The highest BCUT2D eigenvalue weighted by Crippen LogP contribution is 2.18. The van der Waals surface area contributed by atoms with E-state index in [1.165, 1.54) is 0 Å². The molecule has 0 unspecified atom stereocenters. The van der Waals surface area contributed by atoms with Gasteiger partial charge in [0.25, 0.3) is 0 Å². The number of benzene rings is 1. The number of aromatic nitrogens is 3. The Morgan fingerprint density at radius 3 is 2.52 bits per heavy atom. The fraction of sp³-hybridized carbons (Fsp3) is 0.304. The number of anilines is 3. The smallest absolute Gasteiger partial charge is 0.223 e. The number of hydrogen-bond donors (Lipinski definition) is 1. The molecule has 0 bridgehead atoms. The first kappa shape index (κ1) is 21.1. The van der Waals surface area contributed by atoms with Crippen LogP contribution in [-0.2, 0) is 11.2 Å². The average Bonchev–Trinajstić information content (AvgIpc) is 2.78. The minimum atomic E-state index is 0.177. The number of pyridine rings is 1. The maximum absolute atomic E-state index is 12.6. The largest absolute Gasteiger partial charge is 0.352 e. The summed E-state index contributed by atoms with van der Waals surface area (Å²) in [6.45, 7) is 4.79. The van der Waals surface area contributed by atoms with Gasteiger partial charge in [-0.1, -0.05) is 29.8 Å². The van der Waals surface area contributed by atoms with Gasteiger partial charge in [-0.05, 0) is 55.3 Å². The number of carbonyl (C=O) groups is 1. The van der Waals surface area contributed by atoms with Crippen LogP contribution in [0, 0.1) is 6.92 Å². The monoisotopic (exact) mass is 436 g/mol. The van der Waals surface area contributed by atoms with Gasteiger partial charge in [-0.15, -0.1) is 10.2 Å². The van der Waals surface area contributed by atoms with Crippen LogP contribution < -0.4 is 10.2 Å². The molecule has 1 aliphatic heterocycles. The van der Waals surface area contributed by atoms with E-state index in [1.54, 1.807) is 0 Å². The van der Waals surface area contributed by atoms with E-state index in [0.717, 1.165) is 36.0 Å².